The number of anilines is 1. The lowest BCUT2D eigenvalue weighted by Crippen LogP contribution is -2.20. The van der Waals surface area contributed by atoms with E-state index in [1.54, 1.807) is 22.9 Å². The van der Waals surface area contributed by atoms with E-state index in [1.165, 1.54) is 6.08 Å². The second-order valence-electron chi connectivity index (χ2n) is 4.63. The van der Waals surface area contributed by atoms with E-state index < -0.39 is 0 Å². The Labute approximate surface area is 118 Å². The minimum atomic E-state index is -0.134. The Morgan fingerprint density at radius 2 is 2.10 bits per heavy atom. The second-order valence-corrected chi connectivity index (χ2v) is 4.63. The van der Waals surface area contributed by atoms with Crippen LogP contribution in [0.2, 0.25) is 0 Å². The maximum absolute atomic E-state index is 11.7. The van der Waals surface area contributed by atoms with Gasteiger partial charge in [-0.2, -0.15) is 5.10 Å². The lowest BCUT2D eigenvalue weighted by atomic mass is 10.2. The van der Waals surface area contributed by atoms with Gasteiger partial charge >= 0.3 is 0 Å². The van der Waals surface area contributed by atoms with Crippen LogP contribution in [-0.2, 0) is 18.4 Å². The highest BCUT2D eigenvalue weighted by atomic mass is 16.1. The molecule has 0 bridgehead atoms. The first-order valence-electron chi connectivity index (χ1n) is 6.35. The monoisotopic (exact) mass is 270 g/mol. The highest BCUT2D eigenvalue weighted by Crippen LogP contribution is 2.07. The van der Waals surface area contributed by atoms with E-state index in [-0.39, 0.29) is 5.91 Å². The van der Waals surface area contributed by atoms with E-state index >= 15 is 0 Å². The van der Waals surface area contributed by atoms with Crippen LogP contribution in [0.4, 0.5) is 5.69 Å². The van der Waals surface area contributed by atoms with Crippen LogP contribution >= 0.6 is 0 Å². The summed E-state index contributed by atoms with van der Waals surface area (Å²) in [7, 11) is 1.86. The Balaban J connectivity index is 1.89. The number of nitrogens with two attached hydrogens (primary N) is 1. The molecule has 0 spiro atoms. The number of hydrogen-bond acceptors (Lipinski definition) is 3. The van der Waals surface area contributed by atoms with Crippen LogP contribution in [0, 0.1) is 6.92 Å². The molecule has 1 amide bonds. The minimum Gasteiger partial charge on any atom is -0.399 e. The number of hydrogen-bond donors (Lipinski definition) is 2. The van der Waals surface area contributed by atoms with Gasteiger partial charge in [0.05, 0.1) is 5.69 Å². The van der Waals surface area contributed by atoms with Gasteiger partial charge in [0.2, 0.25) is 5.91 Å². The third kappa shape index (κ3) is 3.71. The average Bonchev–Trinajstić information content (AvgIpc) is 2.74. The van der Waals surface area contributed by atoms with Crippen LogP contribution in [0.1, 0.15) is 16.8 Å². The highest BCUT2D eigenvalue weighted by molar-refractivity contribution is 5.91. The van der Waals surface area contributed by atoms with Crippen LogP contribution in [0.15, 0.2) is 36.5 Å². The van der Waals surface area contributed by atoms with Gasteiger partial charge in [0.15, 0.2) is 0 Å². The molecule has 1 heterocycles. The first-order chi connectivity index (χ1) is 9.54. The molecule has 0 aliphatic carbocycles. The summed E-state index contributed by atoms with van der Waals surface area (Å²) in [5.74, 6) is -0.134. The largest absolute Gasteiger partial charge is 0.399 e. The number of nitrogens with one attached hydrogen (secondary N) is 1. The summed E-state index contributed by atoms with van der Waals surface area (Å²) in [6.07, 6.45) is 5.17. The Kier molecular flexibility index (Phi) is 4.20. The fourth-order valence-electron chi connectivity index (χ4n) is 1.84. The van der Waals surface area contributed by atoms with Crippen molar-refractivity contribution in [2.45, 2.75) is 13.5 Å². The Hall–Kier alpha value is -2.56. The molecule has 0 atom stereocenters. The molecule has 3 N–H and O–H groups in total. The predicted molar refractivity (Wildman–Crippen MR) is 79.7 cm³/mol. The van der Waals surface area contributed by atoms with Crippen LogP contribution in [0.3, 0.4) is 0 Å². The topological polar surface area (TPSA) is 72.9 Å². The van der Waals surface area contributed by atoms with Crippen LogP contribution in [0.25, 0.3) is 6.08 Å². The molecule has 1 aromatic carbocycles. The van der Waals surface area contributed by atoms with Gasteiger partial charge in [0.1, 0.15) is 0 Å². The molecule has 0 unspecified atom stereocenters. The molecule has 0 saturated heterocycles. The first kappa shape index (κ1) is 13.9. The van der Waals surface area contributed by atoms with Gasteiger partial charge in [-0.15, -0.1) is 0 Å². The van der Waals surface area contributed by atoms with Crippen molar-refractivity contribution in [1.82, 2.24) is 15.1 Å². The molecule has 0 aliphatic rings. The summed E-state index contributed by atoms with van der Waals surface area (Å²) in [6, 6.07) is 7.34. The molecule has 5 nitrogen and oxygen atoms in total. The van der Waals surface area contributed by atoms with Crippen molar-refractivity contribution in [2.75, 3.05) is 5.73 Å². The van der Waals surface area contributed by atoms with E-state index in [9.17, 15) is 4.79 Å². The number of nitrogens with zero attached hydrogens (tertiary/aromatic N) is 2. The van der Waals surface area contributed by atoms with E-state index in [0.29, 0.717) is 12.2 Å². The van der Waals surface area contributed by atoms with Crippen molar-refractivity contribution in [3.8, 4) is 0 Å². The highest BCUT2D eigenvalue weighted by Gasteiger charge is 2.03. The van der Waals surface area contributed by atoms with Gasteiger partial charge in [0, 0.05) is 37.1 Å². The molecular formula is C15H18N4O. The van der Waals surface area contributed by atoms with E-state index in [2.05, 4.69) is 10.4 Å². The quantitative estimate of drug-likeness (QED) is 0.655. The zero-order valence-corrected chi connectivity index (χ0v) is 11.6. The number of amides is 1. The van der Waals surface area contributed by atoms with Crippen LogP contribution < -0.4 is 11.1 Å². The molecule has 0 radical (unpaired) electrons. The number of aromatic nitrogens is 2. The molecule has 0 aliphatic heterocycles. The van der Waals surface area contributed by atoms with Crippen molar-refractivity contribution >= 4 is 17.7 Å². The van der Waals surface area contributed by atoms with Gasteiger partial charge in [-0.1, -0.05) is 12.1 Å². The first-order valence-corrected chi connectivity index (χ1v) is 6.35. The second kappa shape index (κ2) is 6.06. The lowest BCUT2D eigenvalue weighted by Gasteiger charge is -2.00. The maximum atomic E-state index is 11.7. The van der Waals surface area contributed by atoms with Gasteiger partial charge in [-0.25, -0.2) is 0 Å². The fraction of sp³-hybridized carbons (Fsp3) is 0.200. The lowest BCUT2D eigenvalue weighted by molar-refractivity contribution is -0.116. The zero-order chi connectivity index (χ0) is 14.5. The normalized spacial score (nSPS) is 10.9. The summed E-state index contributed by atoms with van der Waals surface area (Å²) in [5, 5.41) is 7.06. The number of nitrogen functional groups attached to an aromatic ring is 1. The third-order valence-electron chi connectivity index (χ3n) is 2.93. The standard InChI is InChI=1S/C15H18N4O/c1-11-13(10-19(2)18-11)9-17-15(20)8-5-12-3-6-14(16)7-4-12/h3-8,10H,9,16H2,1-2H3,(H,17,20)/b8-5+. The van der Waals surface area contributed by atoms with E-state index in [4.69, 9.17) is 5.73 Å². The summed E-state index contributed by atoms with van der Waals surface area (Å²) in [4.78, 5) is 11.7. The van der Waals surface area contributed by atoms with Crippen molar-refractivity contribution < 1.29 is 4.79 Å². The molecule has 1 aromatic heterocycles. The number of benzene rings is 1. The SMILES string of the molecule is Cc1nn(C)cc1CNC(=O)/C=C/c1ccc(N)cc1. The van der Waals surface area contributed by atoms with Crippen LogP contribution in [0.5, 0.6) is 0 Å². The molecule has 0 fully saturated rings. The Morgan fingerprint density at radius 3 is 2.70 bits per heavy atom. The molecular weight excluding hydrogens is 252 g/mol. The number of rotatable bonds is 4. The van der Waals surface area contributed by atoms with Crippen molar-refractivity contribution in [2.24, 2.45) is 7.05 Å². The molecule has 0 saturated carbocycles. The smallest absolute Gasteiger partial charge is 0.244 e. The molecule has 5 heteroatoms. The molecule has 20 heavy (non-hydrogen) atoms. The Morgan fingerprint density at radius 1 is 1.40 bits per heavy atom. The summed E-state index contributed by atoms with van der Waals surface area (Å²) >= 11 is 0. The summed E-state index contributed by atoms with van der Waals surface area (Å²) in [5.41, 5.74) is 9.19. The average molecular weight is 270 g/mol. The maximum Gasteiger partial charge on any atom is 0.244 e. The Bertz CT molecular complexity index is 626. The number of carbonyl (C=O) groups is 1. The summed E-state index contributed by atoms with van der Waals surface area (Å²) in [6.45, 7) is 2.40. The molecule has 104 valence electrons. The van der Waals surface area contributed by atoms with E-state index in [1.807, 2.05) is 32.3 Å². The zero-order valence-electron chi connectivity index (χ0n) is 11.6. The van der Waals surface area contributed by atoms with Gasteiger partial charge in [0.25, 0.3) is 0 Å². The minimum absolute atomic E-state index is 0.134. The molecule has 2 aromatic rings. The van der Waals surface area contributed by atoms with Crippen molar-refractivity contribution in [3.05, 3.63) is 53.4 Å². The van der Waals surface area contributed by atoms with Crippen molar-refractivity contribution in [3.63, 3.8) is 0 Å². The van der Waals surface area contributed by atoms with Crippen LogP contribution in [-0.4, -0.2) is 15.7 Å². The predicted octanol–water partition coefficient (Wildman–Crippen LogP) is 1.64. The van der Waals surface area contributed by atoms with E-state index in [0.717, 1.165) is 16.8 Å². The fourth-order valence-corrected chi connectivity index (χ4v) is 1.84. The third-order valence-corrected chi connectivity index (χ3v) is 2.93. The number of carbonyl (C=O) groups excluding carboxylic acids is 1. The van der Waals surface area contributed by atoms with Gasteiger partial charge < -0.3 is 11.1 Å². The number of aryl methyl sites for hydroxylation is 2. The molecule has 2 rings (SSSR count). The van der Waals surface area contributed by atoms with Crippen molar-refractivity contribution in [1.29, 1.82) is 0 Å². The summed E-state index contributed by atoms with van der Waals surface area (Å²) < 4.78 is 1.74. The van der Waals surface area contributed by atoms with Gasteiger partial charge in [-0.05, 0) is 30.7 Å². The van der Waals surface area contributed by atoms with Gasteiger partial charge in [-0.3, -0.25) is 9.48 Å².